The van der Waals surface area contributed by atoms with E-state index < -0.39 is 0 Å². The largest absolute Gasteiger partial charge is 0.376 e. The van der Waals surface area contributed by atoms with Gasteiger partial charge in [-0.05, 0) is 51.0 Å². The van der Waals surface area contributed by atoms with Crippen molar-refractivity contribution in [2.45, 2.75) is 38.2 Å². The zero-order valence-corrected chi connectivity index (χ0v) is 14.1. The third kappa shape index (κ3) is 3.73. The Balaban J connectivity index is 1.72. The van der Waals surface area contributed by atoms with Gasteiger partial charge in [-0.1, -0.05) is 5.16 Å². The van der Waals surface area contributed by atoms with Crippen LogP contribution in [0.5, 0.6) is 0 Å². The van der Waals surface area contributed by atoms with Crippen LogP contribution < -0.4 is 10.6 Å². The zero-order chi connectivity index (χ0) is 17.2. The molecule has 2 amide bonds. The second-order valence-electron chi connectivity index (χ2n) is 6.54. The van der Waals surface area contributed by atoms with E-state index in [1.54, 1.807) is 19.2 Å². The lowest BCUT2D eigenvalue weighted by molar-refractivity contribution is -0.0604. The number of carbonyl (C=O) groups is 1. The number of anilines is 1. The lowest BCUT2D eigenvalue weighted by Gasteiger charge is -2.34. The van der Waals surface area contributed by atoms with Crippen molar-refractivity contribution in [3.8, 4) is 11.5 Å². The molecule has 2 aromatic rings. The molecule has 24 heavy (non-hydrogen) atoms. The molecule has 1 unspecified atom stereocenters. The maximum Gasteiger partial charge on any atom is 0.318 e. The predicted molar refractivity (Wildman–Crippen MR) is 89.8 cm³/mol. The average molecular weight is 330 g/mol. The molecule has 0 spiro atoms. The van der Waals surface area contributed by atoms with Gasteiger partial charge in [0.05, 0.1) is 5.60 Å². The van der Waals surface area contributed by atoms with E-state index in [4.69, 9.17) is 9.26 Å². The molecule has 1 aliphatic heterocycles. The molecule has 1 aromatic carbocycles. The van der Waals surface area contributed by atoms with Crippen LogP contribution in [-0.2, 0) is 4.74 Å². The van der Waals surface area contributed by atoms with Crippen molar-refractivity contribution in [3.63, 3.8) is 0 Å². The highest BCUT2D eigenvalue weighted by Crippen LogP contribution is 2.35. The quantitative estimate of drug-likeness (QED) is 0.902. The first kappa shape index (κ1) is 16.4. The second kappa shape index (κ2) is 6.60. The molecule has 0 radical (unpaired) electrons. The van der Waals surface area contributed by atoms with Gasteiger partial charge in [-0.25, -0.2) is 4.79 Å². The fourth-order valence-corrected chi connectivity index (χ4v) is 2.86. The number of carbonyl (C=O) groups excluding carboxylic acids is 1. The molecule has 2 N–H and O–H groups in total. The molecular formula is C17H22N4O3. The van der Waals surface area contributed by atoms with E-state index in [-0.39, 0.29) is 17.6 Å². The third-order valence-electron chi connectivity index (χ3n) is 4.12. The summed E-state index contributed by atoms with van der Waals surface area (Å²) in [5, 5.41) is 9.35. The van der Waals surface area contributed by atoms with E-state index in [9.17, 15) is 4.79 Å². The summed E-state index contributed by atoms with van der Waals surface area (Å²) in [6, 6.07) is 7.02. The number of benzene rings is 1. The van der Waals surface area contributed by atoms with Gasteiger partial charge in [0.25, 0.3) is 5.89 Å². The molecule has 1 aromatic heterocycles. The van der Waals surface area contributed by atoms with Gasteiger partial charge in [-0.2, -0.15) is 4.98 Å². The summed E-state index contributed by atoms with van der Waals surface area (Å²) in [4.78, 5) is 15.8. The van der Waals surface area contributed by atoms with Gasteiger partial charge < -0.3 is 19.9 Å². The Bertz CT molecular complexity index is 709. The number of aromatic nitrogens is 2. The number of nitrogens with zero attached hydrogens (tertiary/aromatic N) is 2. The molecule has 128 valence electrons. The van der Waals surface area contributed by atoms with Gasteiger partial charge >= 0.3 is 6.03 Å². The van der Waals surface area contributed by atoms with Crippen LogP contribution in [0, 0.1) is 0 Å². The molecule has 3 rings (SSSR count). The average Bonchev–Trinajstić information content (AvgIpc) is 3.04. The molecule has 0 bridgehead atoms. The predicted octanol–water partition coefficient (Wildman–Crippen LogP) is 3.16. The number of hydrogen-bond acceptors (Lipinski definition) is 5. The molecule has 1 aliphatic rings. The van der Waals surface area contributed by atoms with E-state index in [2.05, 4.69) is 34.6 Å². The van der Waals surface area contributed by atoms with Crippen LogP contribution in [0.4, 0.5) is 10.5 Å². The van der Waals surface area contributed by atoms with Crippen LogP contribution in [0.1, 0.15) is 38.4 Å². The molecular weight excluding hydrogens is 308 g/mol. The van der Waals surface area contributed by atoms with Crippen LogP contribution in [0.2, 0.25) is 0 Å². The molecule has 0 aliphatic carbocycles. The Morgan fingerprint density at radius 1 is 1.29 bits per heavy atom. The summed E-state index contributed by atoms with van der Waals surface area (Å²) in [7, 11) is 1.57. The highest BCUT2D eigenvalue weighted by molar-refractivity contribution is 5.89. The van der Waals surface area contributed by atoms with Gasteiger partial charge in [0.2, 0.25) is 0 Å². The first-order valence-electron chi connectivity index (χ1n) is 8.03. The molecule has 0 saturated carbocycles. The van der Waals surface area contributed by atoms with Gasteiger partial charge in [0.1, 0.15) is 0 Å². The Kier molecular flexibility index (Phi) is 4.53. The van der Waals surface area contributed by atoms with Gasteiger partial charge in [-0.15, -0.1) is 0 Å². The van der Waals surface area contributed by atoms with Crippen LogP contribution in [0.15, 0.2) is 28.8 Å². The first-order valence-corrected chi connectivity index (χ1v) is 8.03. The van der Waals surface area contributed by atoms with Crippen molar-refractivity contribution in [2.75, 3.05) is 19.0 Å². The van der Waals surface area contributed by atoms with E-state index in [0.29, 0.717) is 18.2 Å². The topological polar surface area (TPSA) is 89.3 Å². The molecule has 2 heterocycles. The minimum Gasteiger partial charge on any atom is -0.376 e. The summed E-state index contributed by atoms with van der Waals surface area (Å²) >= 11 is 0. The minimum atomic E-state index is -0.259. The maximum atomic E-state index is 11.3. The van der Waals surface area contributed by atoms with Crippen LogP contribution in [0.3, 0.4) is 0 Å². The molecule has 1 atom stereocenters. The first-order chi connectivity index (χ1) is 11.5. The summed E-state index contributed by atoms with van der Waals surface area (Å²) in [6.07, 6.45) is 1.78. The Labute approximate surface area is 140 Å². The highest BCUT2D eigenvalue weighted by atomic mass is 16.5. The summed E-state index contributed by atoms with van der Waals surface area (Å²) in [6.45, 7) is 4.87. The normalized spacial score (nSPS) is 19.7. The van der Waals surface area contributed by atoms with Crippen molar-refractivity contribution in [3.05, 3.63) is 30.1 Å². The summed E-state index contributed by atoms with van der Waals surface area (Å²) < 4.78 is 11.1. The lowest BCUT2D eigenvalue weighted by atomic mass is 9.88. The number of ether oxygens (including phenoxy) is 1. The fourth-order valence-electron chi connectivity index (χ4n) is 2.86. The van der Waals surface area contributed by atoms with Crippen molar-refractivity contribution >= 4 is 11.7 Å². The zero-order valence-electron chi connectivity index (χ0n) is 14.1. The van der Waals surface area contributed by atoms with E-state index in [1.807, 2.05) is 12.1 Å². The summed E-state index contributed by atoms with van der Waals surface area (Å²) in [5.41, 5.74) is 1.36. The van der Waals surface area contributed by atoms with Crippen molar-refractivity contribution < 1.29 is 14.1 Å². The van der Waals surface area contributed by atoms with Gasteiger partial charge in [0.15, 0.2) is 5.82 Å². The number of amides is 2. The van der Waals surface area contributed by atoms with Gasteiger partial charge in [-0.3, -0.25) is 0 Å². The van der Waals surface area contributed by atoms with E-state index >= 15 is 0 Å². The number of hydrogen-bond donors (Lipinski definition) is 2. The minimum absolute atomic E-state index is 0.156. The van der Waals surface area contributed by atoms with Crippen molar-refractivity contribution in [1.82, 2.24) is 15.5 Å². The van der Waals surface area contributed by atoms with Crippen molar-refractivity contribution in [2.24, 2.45) is 0 Å². The second-order valence-corrected chi connectivity index (χ2v) is 6.54. The van der Waals surface area contributed by atoms with E-state index in [1.165, 1.54) is 0 Å². The summed E-state index contributed by atoms with van der Waals surface area (Å²) in [5.74, 6) is 1.47. The lowest BCUT2D eigenvalue weighted by Crippen LogP contribution is -2.33. The Morgan fingerprint density at radius 2 is 2.04 bits per heavy atom. The number of nitrogens with one attached hydrogen (secondary N) is 2. The third-order valence-corrected chi connectivity index (χ3v) is 4.12. The SMILES string of the molecule is CNC(=O)Nc1ccc(-c2nc(C3CCOC(C)(C)C3)no2)cc1. The Hall–Kier alpha value is -2.41. The van der Waals surface area contributed by atoms with Crippen molar-refractivity contribution in [1.29, 1.82) is 0 Å². The molecule has 1 fully saturated rings. The molecule has 7 nitrogen and oxygen atoms in total. The van der Waals surface area contributed by atoms with Gasteiger partial charge in [0, 0.05) is 30.8 Å². The monoisotopic (exact) mass is 330 g/mol. The standard InChI is InChI=1S/C17H22N4O3/c1-17(2)10-12(8-9-23-17)14-20-15(24-21-14)11-4-6-13(7-5-11)19-16(22)18-3/h4-7,12H,8-10H2,1-3H3,(H2,18,19,22). The molecule has 1 saturated heterocycles. The van der Waals surface area contributed by atoms with Crippen LogP contribution in [-0.4, -0.2) is 35.4 Å². The van der Waals surface area contributed by atoms with E-state index in [0.717, 1.165) is 24.2 Å². The van der Waals surface area contributed by atoms with Crippen LogP contribution >= 0.6 is 0 Å². The Morgan fingerprint density at radius 3 is 2.71 bits per heavy atom. The number of urea groups is 1. The fraction of sp³-hybridized carbons (Fsp3) is 0.471. The van der Waals surface area contributed by atoms with Crippen LogP contribution in [0.25, 0.3) is 11.5 Å². The smallest absolute Gasteiger partial charge is 0.318 e. The number of rotatable bonds is 3. The maximum absolute atomic E-state index is 11.3. The highest BCUT2D eigenvalue weighted by Gasteiger charge is 2.32. The molecule has 7 heteroatoms.